The van der Waals surface area contributed by atoms with Gasteiger partial charge in [-0.25, -0.2) is 0 Å². The van der Waals surface area contributed by atoms with Crippen LogP contribution in [0.15, 0.2) is 30.5 Å². The van der Waals surface area contributed by atoms with Crippen LogP contribution in [0.5, 0.6) is 0 Å². The minimum Gasteiger partial charge on any atom is -0.299 e. The van der Waals surface area contributed by atoms with E-state index in [0.717, 1.165) is 22.9 Å². The summed E-state index contributed by atoms with van der Waals surface area (Å²) in [6.07, 6.45) is 2.49. The molecule has 0 N–H and O–H groups in total. The molecular weight excluding hydrogens is 200 g/mol. The van der Waals surface area contributed by atoms with Gasteiger partial charge in [0.25, 0.3) is 0 Å². The second-order valence-corrected chi connectivity index (χ2v) is 3.89. The van der Waals surface area contributed by atoms with Crippen molar-refractivity contribution in [2.75, 3.05) is 0 Å². The van der Waals surface area contributed by atoms with Crippen LogP contribution in [0.1, 0.15) is 31.9 Å². The van der Waals surface area contributed by atoms with Crippen molar-refractivity contribution in [1.82, 2.24) is 10.2 Å². The maximum absolute atomic E-state index is 11.6. The first kappa shape index (κ1) is 10.7. The topological polar surface area (TPSA) is 42.9 Å². The summed E-state index contributed by atoms with van der Waals surface area (Å²) in [4.78, 5) is 11.6. The van der Waals surface area contributed by atoms with Gasteiger partial charge < -0.3 is 0 Å². The Kier molecular flexibility index (Phi) is 2.95. The van der Waals surface area contributed by atoms with Crippen LogP contribution in [0.2, 0.25) is 0 Å². The SMILES string of the molecule is CCC(C(C)=O)c1nncc2ccccc12. The Morgan fingerprint density at radius 1 is 1.38 bits per heavy atom. The Bertz CT molecular complexity index is 517. The molecule has 0 amide bonds. The van der Waals surface area contributed by atoms with Crippen molar-refractivity contribution >= 4 is 16.6 Å². The molecule has 1 aromatic heterocycles. The molecule has 0 aliphatic rings. The van der Waals surface area contributed by atoms with Gasteiger partial charge in [-0.05, 0) is 13.3 Å². The Hall–Kier alpha value is -1.77. The average Bonchev–Trinajstić information content (AvgIpc) is 2.30. The Morgan fingerprint density at radius 2 is 2.12 bits per heavy atom. The summed E-state index contributed by atoms with van der Waals surface area (Å²) in [5.41, 5.74) is 0.799. The van der Waals surface area contributed by atoms with E-state index in [2.05, 4.69) is 10.2 Å². The third kappa shape index (κ3) is 1.81. The second-order valence-electron chi connectivity index (χ2n) is 3.89. The molecule has 0 aliphatic carbocycles. The third-order valence-corrected chi connectivity index (χ3v) is 2.83. The summed E-state index contributed by atoms with van der Waals surface area (Å²) in [5, 5.41) is 10.2. The lowest BCUT2D eigenvalue weighted by molar-refractivity contribution is -0.118. The fourth-order valence-corrected chi connectivity index (χ4v) is 1.98. The van der Waals surface area contributed by atoms with E-state index < -0.39 is 0 Å². The van der Waals surface area contributed by atoms with Crippen LogP contribution >= 0.6 is 0 Å². The molecule has 3 nitrogen and oxygen atoms in total. The lowest BCUT2D eigenvalue weighted by atomic mass is 9.94. The van der Waals surface area contributed by atoms with E-state index in [4.69, 9.17) is 0 Å². The number of hydrogen-bond donors (Lipinski definition) is 0. The van der Waals surface area contributed by atoms with Crippen LogP contribution in [0.25, 0.3) is 10.8 Å². The number of carbonyl (C=O) groups excluding carboxylic acids is 1. The van der Waals surface area contributed by atoms with E-state index in [1.807, 2.05) is 31.2 Å². The fraction of sp³-hybridized carbons (Fsp3) is 0.308. The Balaban J connectivity index is 2.63. The molecule has 16 heavy (non-hydrogen) atoms. The zero-order chi connectivity index (χ0) is 11.5. The number of ketones is 1. The summed E-state index contributed by atoms with van der Waals surface area (Å²) in [5.74, 6) is 0.00625. The number of nitrogens with zero attached hydrogens (tertiary/aromatic N) is 2. The lowest BCUT2D eigenvalue weighted by Gasteiger charge is -2.12. The minimum absolute atomic E-state index is 0.140. The number of benzene rings is 1. The smallest absolute Gasteiger partial charge is 0.138 e. The molecule has 82 valence electrons. The van der Waals surface area contributed by atoms with Crippen LogP contribution in [-0.4, -0.2) is 16.0 Å². The first-order valence-electron chi connectivity index (χ1n) is 5.44. The molecule has 1 heterocycles. The van der Waals surface area contributed by atoms with E-state index in [9.17, 15) is 4.79 Å². The van der Waals surface area contributed by atoms with Gasteiger partial charge in [0.1, 0.15) is 5.78 Å². The van der Waals surface area contributed by atoms with Crippen molar-refractivity contribution in [3.63, 3.8) is 0 Å². The van der Waals surface area contributed by atoms with E-state index in [1.54, 1.807) is 13.1 Å². The molecule has 0 saturated heterocycles. The predicted molar refractivity (Wildman–Crippen MR) is 63.3 cm³/mol. The van der Waals surface area contributed by atoms with Crippen molar-refractivity contribution in [3.8, 4) is 0 Å². The van der Waals surface area contributed by atoms with E-state index in [1.165, 1.54) is 0 Å². The molecule has 1 atom stereocenters. The maximum atomic E-state index is 11.6. The number of Topliss-reactive ketones (excluding diaryl/α,β-unsaturated/α-hetero) is 1. The number of aromatic nitrogens is 2. The molecule has 3 heteroatoms. The zero-order valence-corrected chi connectivity index (χ0v) is 9.47. The second kappa shape index (κ2) is 4.39. The maximum Gasteiger partial charge on any atom is 0.138 e. The highest BCUT2D eigenvalue weighted by molar-refractivity contribution is 5.91. The molecule has 0 saturated carbocycles. The number of rotatable bonds is 3. The van der Waals surface area contributed by atoms with Gasteiger partial charge in [-0.2, -0.15) is 10.2 Å². The van der Waals surface area contributed by atoms with E-state index >= 15 is 0 Å². The first-order chi connectivity index (χ1) is 7.74. The van der Waals surface area contributed by atoms with Crippen LogP contribution in [0.3, 0.4) is 0 Å². The number of fused-ring (bicyclic) bond motifs is 1. The highest BCUT2D eigenvalue weighted by Crippen LogP contribution is 2.25. The molecular formula is C13H14N2O. The molecule has 0 fully saturated rings. The van der Waals surface area contributed by atoms with E-state index in [-0.39, 0.29) is 11.7 Å². The van der Waals surface area contributed by atoms with Gasteiger partial charge >= 0.3 is 0 Å². The summed E-state index contributed by atoms with van der Waals surface area (Å²) in [6, 6.07) is 7.90. The van der Waals surface area contributed by atoms with Gasteiger partial charge in [-0.1, -0.05) is 31.2 Å². The van der Waals surface area contributed by atoms with Crippen molar-refractivity contribution in [2.45, 2.75) is 26.2 Å². The molecule has 0 radical (unpaired) electrons. The molecule has 0 bridgehead atoms. The molecule has 0 aliphatic heterocycles. The number of hydrogen-bond acceptors (Lipinski definition) is 3. The largest absolute Gasteiger partial charge is 0.299 e. The highest BCUT2D eigenvalue weighted by Gasteiger charge is 2.18. The van der Waals surface area contributed by atoms with Gasteiger partial charge in [-0.15, -0.1) is 0 Å². The van der Waals surface area contributed by atoms with Crippen molar-refractivity contribution < 1.29 is 4.79 Å². The first-order valence-corrected chi connectivity index (χ1v) is 5.44. The van der Waals surface area contributed by atoms with Gasteiger partial charge in [0.15, 0.2) is 0 Å². The molecule has 2 aromatic rings. The quantitative estimate of drug-likeness (QED) is 0.789. The average molecular weight is 214 g/mol. The lowest BCUT2D eigenvalue weighted by Crippen LogP contribution is -2.10. The molecule has 2 rings (SSSR count). The number of carbonyl (C=O) groups is 1. The van der Waals surface area contributed by atoms with Crippen LogP contribution in [-0.2, 0) is 4.79 Å². The van der Waals surface area contributed by atoms with Crippen molar-refractivity contribution in [3.05, 3.63) is 36.2 Å². The third-order valence-electron chi connectivity index (χ3n) is 2.83. The van der Waals surface area contributed by atoms with Gasteiger partial charge in [-0.3, -0.25) is 4.79 Å². The van der Waals surface area contributed by atoms with Crippen molar-refractivity contribution in [1.29, 1.82) is 0 Å². The minimum atomic E-state index is -0.140. The van der Waals surface area contributed by atoms with Gasteiger partial charge in [0, 0.05) is 10.8 Å². The fourth-order valence-electron chi connectivity index (χ4n) is 1.98. The van der Waals surface area contributed by atoms with Crippen LogP contribution < -0.4 is 0 Å². The summed E-state index contributed by atoms with van der Waals surface area (Å²) < 4.78 is 0. The normalized spacial score (nSPS) is 12.6. The van der Waals surface area contributed by atoms with E-state index in [0.29, 0.717) is 0 Å². The Morgan fingerprint density at radius 3 is 2.81 bits per heavy atom. The molecule has 1 aromatic carbocycles. The molecule has 0 spiro atoms. The summed E-state index contributed by atoms with van der Waals surface area (Å²) in [6.45, 7) is 3.60. The zero-order valence-electron chi connectivity index (χ0n) is 9.47. The summed E-state index contributed by atoms with van der Waals surface area (Å²) in [7, 11) is 0. The van der Waals surface area contributed by atoms with Crippen molar-refractivity contribution in [2.24, 2.45) is 0 Å². The van der Waals surface area contributed by atoms with Gasteiger partial charge in [0.05, 0.1) is 17.8 Å². The van der Waals surface area contributed by atoms with Crippen LogP contribution in [0, 0.1) is 0 Å². The predicted octanol–water partition coefficient (Wildman–Crippen LogP) is 2.71. The highest BCUT2D eigenvalue weighted by atomic mass is 16.1. The monoisotopic (exact) mass is 214 g/mol. The summed E-state index contributed by atoms with van der Waals surface area (Å²) >= 11 is 0. The van der Waals surface area contributed by atoms with Gasteiger partial charge in [0.2, 0.25) is 0 Å². The Labute approximate surface area is 94.5 Å². The standard InChI is InChI=1S/C13H14N2O/c1-3-11(9(2)16)13-12-7-5-4-6-10(12)8-14-15-13/h4-8,11H,3H2,1-2H3. The van der Waals surface area contributed by atoms with Crippen LogP contribution in [0.4, 0.5) is 0 Å². The molecule has 1 unspecified atom stereocenters.